The highest BCUT2D eigenvalue weighted by atomic mass is 32.1. The molecule has 0 aliphatic heterocycles. The molecule has 13 aromatic rings. The molecule has 5 heteroatoms. The van der Waals surface area contributed by atoms with Crippen LogP contribution in [0.3, 0.4) is 0 Å². The number of anilines is 6. The summed E-state index contributed by atoms with van der Waals surface area (Å²) in [5.74, 6) is 0.939. The minimum atomic E-state index is -0.701. The van der Waals surface area contributed by atoms with E-state index in [1.807, 2.05) is 22.7 Å². The van der Waals surface area contributed by atoms with Gasteiger partial charge in [-0.2, -0.15) is 0 Å². The number of thiophene rings is 2. The van der Waals surface area contributed by atoms with Crippen molar-refractivity contribution in [2.75, 3.05) is 9.80 Å². The molecule has 0 N–H and O–H groups in total. The fraction of sp³-hybridized carbons (Fsp3) is 0.0159. The van der Waals surface area contributed by atoms with E-state index in [0.29, 0.717) is 0 Å². The van der Waals surface area contributed by atoms with E-state index in [1.165, 1.54) is 73.7 Å². The molecule has 0 bridgehead atoms. The van der Waals surface area contributed by atoms with Gasteiger partial charge in [0.05, 0.1) is 26.2 Å². The molecule has 0 saturated heterocycles. The summed E-state index contributed by atoms with van der Waals surface area (Å²) < 4.78 is 12.2. The van der Waals surface area contributed by atoms with Gasteiger partial charge in [-0.3, -0.25) is 0 Å². The van der Waals surface area contributed by atoms with E-state index >= 15 is 0 Å². The molecule has 0 radical (unpaired) electrons. The Bertz CT molecular complexity index is 4180. The van der Waals surface area contributed by atoms with Crippen LogP contribution in [-0.2, 0) is 5.41 Å². The molecule has 318 valence electrons. The summed E-state index contributed by atoms with van der Waals surface area (Å²) >= 11 is 3.73. The lowest BCUT2D eigenvalue weighted by atomic mass is 9.70. The second-order valence-corrected chi connectivity index (χ2v) is 20.0. The van der Waals surface area contributed by atoms with Crippen LogP contribution >= 0.6 is 22.7 Å². The second-order valence-electron chi connectivity index (χ2n) is 17.9. The highest BCUT2D eigenvalue weighted by Gasteiger charge is 2.55. The molecule has 0 amide bonds. The lowest BCUT2D eigenvalue weighted by Gasteiger charge is -2.33. The molecule has 1 spiro atoms. The van der Waals surface area contributed by atoms with Crippen molar-refractivity contribution in [3.63, 3.8) is 0 Å². The van der Waals surface area contributed by atoms with Gasteiger partial charge >= 0.3 is 0 Å². The molecule has 1 unspecified atom stereocenters. The van der Waals surface area contributed by atoms with Gasteiger partial charge in [0.2, 0.25) is 0 Å². The van der Waals surface area contributed by atoms with Gasteiger partial charge in [-0.1, -0.05) is 146 Å². The van der Waals surface area contributed by atoms with Gasteiger partial charge in [-0.15, -0.1) is 22.7 Å². The maximum Gasteiger partial charge on any atom is 0.140 e. The SMILES string of the molecule is c1ccc(N(c2ccc3c(c2)C2(c4ccccc4-3)c3cc(N(c4ccccc4)c4cccc5c4sc4ccccc45)ccc3-c3oc4ccccc4c32)c2cccc3c2sc2ccccc23)cc1. The summed E-state index contributed by atoms with van der Waals surface area (Å²) in [6.07, 6.45) is 0. The van der Waals surface area contributed by atoms with Crippen molar-refractivity contribution >= 4 is 108 Å². The predicted molar refractivity (Wildman–Crippen MR) is 288 cm³/mol. The van der Waals surface area contributed by atoms with E-state index in [0.717, 1.165) is 56.4 Å². The first-order valence-corrected chi connectivity index (χ1v) is 24.8. The number of furan rings is 1. The average molecular weight is 903 g/mol. The van der Waals surface area contributed by atoms with Gasteiger partial charge in [0.15, 0.2) is 0 Å². The summed E-state index contributed by atoms with van der Waals surface area (Å²) in [5.41, 5.74) is 15.5. The average Bonchev–Trinajstić information content (AvgIpc) is 4.20. The molecule has 2 aliphatic carbocycles. The minimum Gasteiger partial charge on any atom is -0.456 e. The monoisotopic (exact) mass is 902 g/mol. The van der Waals surface area contributed by atoms with Crippen LogP contribution in [0.2, 0.25) is 0 Å². The van der Waals surface area contributed by atoms with Crippen LogP contribution in [0, 0.1) is 0 Å². The van der Waals surface area contributed by atoms with Crippen molar-refractivity contribution in [1.29, 1.82) is 0 Å². The quantitative estimate of drug-likeness (QED) is 0.166. The van der Waals surface area contributed by atoms with Crippen LogP contribution in [0.5, 0.6) is 0 Å². The molecule has 3 heterocycles. The Morgan fingerprint density at radius 3 is 1.43 bits per heavy atom. The Hall–Kier alpha value is -8.22. The standard InChI is InChI=1S/C63H38N2OS2/c1-3-17-39(18-4-1)64(54-28-15-25-47-45-22-9-13-31-57(45)67-61(47)54)41-33-35-44-43-21-7-11-27-51(43)63(52(44)37-41)53-38-42(34-36-49(53)60-59(63)50-24-8-12-30-56(50)66-60)65(40-19-5-2-6-20-40)55-29-16-26-48-46-23-10-14-32-58(46)68-62(48)55/h1-38H. The Labute approximate surface area is 400 Å². The van der Waals surface area contributed by atoms with Gasteiger partial charge in [0.25, 0.3) is 0 Å². The zero-order chi connectivity index (χ0) is 44.5. The van der Waals surface area contributed by atoms with Crippen LogP contribution in [0.15, 0.2) is 235 Å². The Morgan fingerprint density at radius 2 is 0.809 bits per heavy atom. The third kappa shape index (κ3) is 5.17. The van der Waals surface area contributed by atoms with E-state index in [1.54, 1.807) is 0 Å². The van der Waals surface area contributed by atoms with Gasteiger partial charge in [0, 0.05) is 70.2 Å². The van der Waals surface area contributed by atoms with Crippen LogP contribution in [0.4, 0.5) is 34.1 Å². The van der Waals surface area contributed by atoms with Crippen molar-refractivity contribution in [1.82, 2.24) is 0 Å². The fourth-order valence-electron chi connectivity index (χ4n) is 11.7. The summed E-state index contributed by atoms with van der Waals surface area (Å²) in [4.78, 5) is 4.93. The first-order chi connectivity index (χ1) is 33.7. The molecule has 0 fully saturated rings. The molecule has 68 heavy (non-hydrogen) atoms. The number of para-hydroxylation sites is 3. The third-order valence-corrected chi connectivity index (χ3v) is 16.9. The molecular weight excluding hydrogens is 865 g/mol. The molecule has 10 aromatic carbocycles. The van der Waals surface area contributed by atoms with Crippen LogP contribution in [0.25, 0.3) is 73.8 Å². The number of hydrogen-bond donors (Lipinski definition) is 0. The summed E-state index contributed by atoms with van der Waals surface area (Å²) in [6, 6.07) is 84.9. The Balaban J connectivity index is 1.02. The number of nitrogens with zero attached hydrogens (tertiary/aromatic N) is 2. The van der Waals surface area contributed by atoms with Crippen LogP contribution in [-0.4, -0.2) is 0 Å². The van der Waals surface area contributed by atoms with E-state index < -0.39 is 5.41 Å². The summed E-state index contributed by atoms with van der Waals surface area (Å²) in [6.45, 7) is 0. The maximum atomic E-state index is 7.09. The van der Waals surface area contributed by atoms with E-state index in [9.17, 15) is 0 Å². The molecular formula is C63H38N2OS2. The first-order valence-electron chi connectivity index (χ1n) is 23.2. The number of hydrogen-bond acceptors (Lipinski definition) is 5. The lowest BCUT2D eigenvalue weighted by molar-refractivity contribution is 0.628. The van der Waals surface area contributed by atoms with Crippen molar-refractivity contribution in [3.05, 3.63) is 253 Å². The number of benzene rings is 10. The molecule has 0 saturated carbocycles. The largest absolute Gasteiger partial charge is 0.456 e. The second kappa shape index (κ2) is 14.4. The molecule has 1 atom stereocenters. The van der Waals surface area contributed by atoms with E-state index in [-0.39, 0.29) is 0 Å². The van der Waals surface area contributed by atoms with Crippen molar-refractivity contribution in [2.45, 2.75) is 5.41 Å². The van der Waals surface area contributed by atoms with Crippen molar-refractivity contribution in [2.24, 2.45) is 0 Å². The van der Waals surface area contributed by atoms with E-state index in [4.69, 9.17) is 4.42 Å². The summed E-state index contributed by atoms with van der Waals surface area (Å²) in [7, 11) is 0. The smallest absolute Gasteiger partial charge is 0.140 e. The van der Waals surface area contributed by atoms with Crippen LogP contribution < -0.4 is 9.80 Å². The Kier molecular flexibility index (Phi) is 8.03. The number of fused-ring (bicyclic) bond motifs is 18. The zero-order valence-electron chi connectivity index (χ0n) is 36.6. The molecule has 3 nitrogen and oxygen atoms in total. The highest BCUT2D eigenvalue weighted by Crippen LogP contribution is 2.66. The van der Waals surface area contributed by atoms with Gasteiger partial charge in [-0.05, 0) is 113 Å². The Morgan fingerprint density at radius 1 is 0.338 bits per heavy atom. The zero-order valence-corrected chi connectivity index (χ0v) is 38.2. The predicted octanol–water partition coefficient (Wildman–Crippen LogP) is 18.5. The topological polar surface area (TPSA) is 19.6 Å². The molecule has 3 aromatic heterocycles. The lowest BCUT2D eigenvalue weighted by Crippen LogP contribution is -2.26. The normalized spacial score (nSPS) is 14.5. The molecule has 15 rings (SSSR count). The van der Waals surface area contributed by atoms with Crippen molar-refractivity contribution in [3.8, 4) is 22.5 Å². The highest BCUT2D eigenvalue weighted by molar-refractivity contribution is 7.26. The van der Waals surface area contributed by atoms with Gasteiger partial charge in [-0.25, -0.2) is 0 Å². The number of rotatable bonds is 6. The summed E-state index contributed by atoms with van der Waals surface area (Å²) in [5, 5.41) is 6.26. The minimum absolute atomic E-state index is 0.701. The van der Waals surface area contributed by atoms with Gasteiger partial charge in [0.1, 0.15) is 11.3 Å². The van der Waals surface area contributed by atoms with Gasteiger partial charge < -0.3 is 14.2 Å². The molecule has 2 aliphatic rings. The van der Waals surface area contributed by atoms with E-state index in [2.05, 4.69) is 240 Å². The van der Waals surface area contributed by atoms with Crippen LogP contribution in [0.1, 0.15) is 22.3 Å². The maximum absolute atomic E-state index is 7.09. The first kappa shape index (κ1) is 37.9. The fourth-order valence-corrected chi connectivity index (χ4v) is 14.1. The third-order valence-electron chi connectivity index (χ3n) is 14.4. The van der Waals surface area contributed by atoms with Crippen molar-refractivity contribution < 1.29 is 4.42 Å².